The lowest BCUT2D eigenvalue weighted by atomic mass is 10.0. The summed E-state index contributed by atoms with van der Waals surface area (Å²) in [6.45, 7) is 2.96. The first-order valence-electron chi connectivity index (χ1n) is 9.55. The fourth-order valence-corrected chi connectivity index (χ4v) is 4.31. The van der Waals surface area contributed by atoms with Crippen molar-refractivity contribution in [1.82, 2.24) is 14.5 Å². The molecule has 3 heterocycles. The van der Waals surface area contributed by atoms with Crippen LogP contribution in [0.3, 0.4) is 0 Å². The van der Waals surface area contributed by atoms with Crippen LogP contribution in [0.25, 0.3) is 11.3 Å². The second-order valence-corrected chi connectivity index (χ2v) is 7.60. The van der Waals surface area contributed by atoms with E-state index in [4.69, 9.17) is 4.98 Å². The van der Waals surface area contributed by atoms with E-state index in [0.717, 1.165) is 30.2 Å². The van der Waals surface area contributed by atoms with E-state index in [1.54, 1.807) is 18.5 Å². The summed E-state index contributed by atoms with van der Waals surface area (Å²) in [4.78, 5) is 24.3. The van der Waals surface area contributed by atoms with E-state index in [0.29, 0.717) is 0 Å². The summed E-state index contributed by atoms with van der Waals surface area (Å²) in [5.74, 6) is 0.800. The highest BCUT2D eigenvalue weighted by Crippen LogP contribution is 2.52. The normalized spacial score (nSPS) is 18.2. The highest BCUT2D eigenvalue weighted by atomic mass is 16.1. The molecule has 5 nitrogen and oxygen atoms in total. The number of hydrogen-bond donors (Lipinski definition) is 0. The van der Waals surface area contributed by atoms with Gasteiger partial charge in [0.05, 0.1) is 11.7 Å². The Labute approximate surface area is 158 Å². The third-order valence-electron chi connectivity index (χ3n) is 5.99. The van der Waals surface area contributed by atoms with Crippen LogP contribution in [0, 0.1) is 0 Å². The van der Waals surface area contributed by atoms with Crippen molar-refractivity contribution in [2.24, 2.45) is 0 Å². The average Bonchev–Trinajstić information content (AvgIpc) is 3.48. The standard InChI is InChI=1S/C22H22N4O/c1-16(17-5-3-2-4-6-17)26-21-24-19(18-7-12-23-13-8-18)15-20(27)25(21)14-11-22(26)9-10-22/h2-8,12-13,15-16H,9-11,14H2,1H3. The first kappa shape index (κ1) is 16.2. The number of hydrogen-bond acceptors (Lipinski definition) is 4. The van der Waals surface area contributed by atoms with Gasteiger partial charge < -0.3 is 4.90 Å². The van der Waals surface area contributed by atoms with E-state index < -0.39 is 0 Å². The fraction of sp³-hybridized carbons (Fsp3) is 0.318. The first-order valence-corrected chi connectivity index (χ1v) is 9.55. The van der Waals surface area contributed by atoms with Gasteiger partial charge in [0.15, 0.2) is 0 Å². The van der Waals surface area contributed by atoms with E-state index in [1.807, 2.05) is 22.8 Å². The van der Waals surface area contributed by atoms with Crippen molar-refractivity contribution in [1.29, 1.82) is 0 Å². The van der Waals surface area contributed by atoms with Crippen molar-refractivity contribution in [2.75, 3.05) is 4.90 Å². The smallest absolute Gasteiger partial charge is 0.255 e. The molecule has 1 saturated carbocycles. The molecule has 5 heteroatoms. The molecular weight excluding hydrogens is 336 g/mol. The molecule has 1 atom stereocenters. The lowest BCUT2D eigenvalue weighted by molar-refractivity contribution is 0.394. The minimum atomic E-state index is 0.0209. The van der Waals surface area contributed by atoms with Crippen molar-refractivity contribution < 1.29 is 0 Å². The largest absolute Gasteiger partial charge is 0.330 e. The molecule has 0 saturated heterocycles. The van der Waals surface area contributed by atoms with Crippen molar-refractivity contribution >= 4 is 5.95 Å². The Morgan fingerprint density at radius 3 is 2.48 bits per heavy atom. The third kappa shape index (κ3) is 2.65. The van der Waals surface area contributed by atoms with Gasteiger partial charge in [-0.25, -0.2) is 4.98 Å². The molecule has 1 unspecified atom stereocenters. The molecule has 27 heavy (non-hydrogen) atoms. The quantitative estimate of drug-likeness (QED) is 0.714. The maximum atomic E-state index is 12.9. The molecule has 2 aromatic heterocycles. The van der Waals surface area contributed by atoms with Crippen LogP contribution < -0.4 is 10.5 Å². The summed E-state index contributed by atoms with van der Waals surface area (Å²) in [5.41, 5.74) is 3.06. The molecule has 0 radical (unpaired) electrons. The van der Waals surface area contributed by atoms with Gasteiger partial charge in [-0.2, -0.15) is 0 Å². The number of benzene rings is 1. The predicted octanol–water partition coefficient (Wildman–Crippen LogP) is 3.81. The Bertz CT molecular complexity index is 1030. The summed E-state index contributed by atoms with van der Waals surface area (Å²) in [5, 5.41) is 0. The van der Waals surface area contributed by atoms with Crippen LogP contribution in [0.15, 0.2) is 65.7 Å². The molecule has 2 aliphatic rings. The number of rotatable bonds is 3. The van der Waals surface area contributed by atoms with Crippen LogP contribution >= 0.6 is 0 Å². The Morgan fingerprint density at radius 1 is 1.04 bits per heavy atom. The fourth-order valence-electron chi connectivity index (χ4n) is 4.31. The SMILES string of the molecule is CC(c1ccccc1)N1c2nc(-c3ccncc3)cc(=O)n2CCC12CC2. The molecule has 1 aliphatic heterocycles. The summed E-state index contributed by atoms with van der Waals surface area (Å²) in [6.07, 6.45) is 6.81. The van der Waals surface area contributed by atoms with Crippen LogP contribution in [-0.2, 0) is 6.54 Å². The van der Waals surface area contributed by atoms with Gasteiger partial charge in [0.2, 0.25) is 5.95 Å². The van der Waals surface area contributed by atoms with Crippen LogP contribution in [-0.4, -0.2) is 20.1 Å². The Morgan fingerprint density at radius 2 is 1.78 bits per heavy atom. The lowest BCUT2D eigenvalue weighted by Crippen LogP contribution is -2.48. The van der Waals surface area contributed by atoms with Crippen molar-refractivity contribution in [3.8, 4) is 11.3 Å². The van der Waals surface area contributed by atoms with Gasteiger partial charge in [-0.3, -0.25) is 14.3 Å². The van der Waals surface area contributed by atoms with Crippen LogP contribution in [0.2, 0.25) is 0 Å². The summed E-state index contributed by atoms with van der Waals surface area (Å²) < 4.78 is 1.84. The molecule has 0 N–H and O–H groups in total. The van der Waals surface area contributed by atoms with Gasteiger partial charge in [-0.1, -0.05) is 30.3 Å². The van der Waals surface area contributed by atoms with E-state index in [-0.39, 0.29) is 17.1 Å². The zero-order valence-corrected chi connectivity index (χ0v) is 15.4. The molecule has 136 valence electrons. The highest BCUT2D eigenvalue weighted by molar-refractivity contribution is 5.60. The molecule has 1 spiro atoms. The molecule has 1 aromatic carbocycles. The second kappa shape index (κ2) is 6.05. The van der Waals surface area contributed by atoms with Crippen LogP contribution in [0.5, 0.6) is 0 Å². The predicted molar refractivity (Wildman–Crippen MR) is 106 cm³/mol. The number of fused-ring (bicyclic) bond motifs is 1. The number of aromatic nitrogens is 3. The van der Waals surface area contributed by atoms with Crippen molar-refractivity contribution in [3.63, 3.8) is 0 Å². The van der Waals surface area contributed by atoms with Gasteiger partial charge in [0.25, 0.3) is 5.56 Å². The van der Waals surface area contributed by atoms with E-state index in [9.17, 15) is 4.79 Å². The zero-order chi connectivity index (χ0) is 18.4. The van der Waals surface area contributed by atoms with Gasteiger partial charge in [0, 0.05) is 36.1 Å². The summed E-state index contributed by atoms with van der Waals surface area (Å²) in [7, 11) is 0. The topological polar surface area (TPSA) is 51.0 Å². The zero-order valence-electron chi connectivity index (χ0n) is 15.4. The van der Waals surface area contributed by atoms with Crippen molar-refractivity contribution in [2.45, 2.75) is 44.3 Å². The molecule has 0 amide bonds. The molecular formula is C22H22N4O. The van der Waals surface area contributed by atoms with Crippen LogP contribution in [0.4, 0.5) is 5.95 Å². The Kier molecular flexibility index (Phi) is 3.64. The lowest BCUT2D eigenvalue weighted by Gasteiger charge is -2.43. The van der Waals surface area contributed by atoms with Crippen molar-refractivity contribution in [3.05, 3.63) is 76.8 Å². The molecule has 5 rings (SSSR count). The molecule has 0 bridgehead atoms. The van der Waals surface area contributed by atoms with E-state index >= 15 is 0 Å². The average molecular weight is 358 g/mol. The summed E-state index contributed by atoms with van der Waals surface area (Å²) >= 11 is 0. The molecule has 1 fully saturated rings. The van der Waals surface area contributed by atoms with E-state index in [2.05, 4.69) is 41.1 Å². The number of anilines is 1. The summed E-state index contributed by atoms with van der Waals surface area (Å²) in [6, 6.07) is 16.1. The van der Waals surface area contributed by atoms with Gasteiger partial charge in [-0.05, 0) is 43.9 Å². The van der Waals surface area contributed by atoms with Crippen LogP contribution in [0.1, 0.15) is 37.8 Å². The number of nitrogens with zero attached hydrogens (tertiary/aromatic N) is 4. The Balaban J connectivity index is 1.67. The monoisotopic (exact) mass is 358 g/mol. The highest BCUT2D eigenvalue weighted by Gasteiger charge is 2.53. The molecule has 3 aromatic rings. The van der Waals surface area contributed by atoms with Gasteiger partial charge >= 0.3 is 0 Å². The molecule has 1 aliphatic carbocycles. The minimum Gasteiger partial charge on any atom is -0.330 e. The maximum absolute atomic E-state index is 12.9. The minimum absolute atomic E-state index is 0.0209. The third-order valence-corrected chi connectivity index (χ3v) is 5.99. The maximum Gasteiger partial charge on any atom is 0.255 e. The Hall–Kier alpha value is -2.95. The number of pyridine rings is 1. The van der Waals surface area contributed by atoms with Gasteiger partial charge in [-0.15, -0.1) is 0 Å². The first-order chi connectivity index (χ1) is 13.2. The van der Waals surface area contributed by atoms with Gasteiger partial charge in [0.1, 0.15) is 0 Å². The second-order valence-electron chi connectivity index (χ2n) is 7.60. The van der Waals surface area contributed by atoms with E-state index in [1.165, 1.54) is 18.4 Å².